The first-order valence-corrected chi connectivity index (χ1v) is 9.33. The van der Waals surface area contributed by atoms with E-state index in [1.807, 2.05) is 48.8 Å². The number of fused-ring (bicyclic) bond motifs is 1. The maximum Gasteiger partial charge on any atom is 0.0730 e. The van der Waals surface area contributed by atoms with Gasteiger partial charge >= 0.3 is 0 Å². The minimum atomic E-state index is 0.944. The van der Waals surface area contributed by atoms with E-state index in [2.05, 4.69) is 35.0 Å². The third-order valence-electron chi connectivity index (χ3n) is 3.61. The van der Waals surface area contributed by atoms with Gasteiger partial charge in [-0.05, 0) is 40.4 Å². The minimum absolute atomic E-state index is 0.944. The molecule has 0 saturated heterocycles. The molecule has 0 aliphatic carbocycles. The Labute approximate surface area is 148 Å². The molecule has 0 spiro atoms. The van der Waals surface area contributed by atoms with Gasteiger partial charge in [0, 0.05) is 27.6 Å². The third-order valence-corrected chi connectivity index (χ3v) is 5.22. The summed E-state index contributed by atoms with van der Waals surface area (Å²) in [6, 6.07) is 20.6. The van der Waals surface area contributed by atoms with Gasteiger partial charge in [-0.3, -0.25) is 9.98 Å². The second kappa shape index (κ2) is 6.91. The lowest BCUT2D eigenvalue weighted by Crippen LogP contribution is -1.79. The summed E-state index contributed by atoms with van der Waals surface area (Å²) in [5.74, 6) is 0. The van der Waals surface area contributed by atoms with Gasteiger partial charge in [0.15, 0.2) is 0 Å². The van der Waals surface area contributed by atoms with Crippen LogP contribution in [0, 0.1) is 0 Å². The maximum atomic E-state index is 4.70. The standard InChI is InChI=1S/C20H14N2S2/c1-5-15-6-2-10-19(22-14-17-8-4-12-24-17)20(15)18(9-1)21-13-16-7-3-11-23-16/h1-14H. The average molecular weight is 346 g/mol. The number of hydrogen-bond donors (Lipinski definition) is 0. The van der Waals surface area contributed by atoms with Crippen molar-refractivity contribution in [2.75, 3.05) is 0 Å². The summed E-state index contributed by atoms with van der Waals surface area (Å²) in [4.78, 5) is 11.7. The van der Waals surface area contributed by atoms with Crippen LogP contribution in [0.4, 0.5) is 11.4 Å². The SMILES string of the molecule is C(=Nc1cccc2cccc(N=Cc3cccs3)c12)c1cccs1. The summed E-state index contributed by atoms with van der Waals surface area (Å²) < 4.78 is 0. The summed E-state index contributed by atoms with van der Waals surface area (Å²) in [7, 11) is 0. The number of nitrogens with zero attached hydrogens (tertiary/aromatic N) is 2. The van der Waals surface area contributed by atoms with Crippen molar-refractivity contribution in [3.8, 4) is 0 Å². The maximum absolute atomic E-state index is 4.70. The molecule has 0 aliphatic heterocycles. The average Bonchev–Trinajstić information content (AvgIpc) is 3.31. The van der Waals surface area contributed by atoms with Gasteiger partial charge in [-0.1, -0.05) is 36.4 Å². The molecule has 2 aromatic carbocycles. The van der Waals surface area contributed by atoms with Crippen molar-refractivity contribution >= 4 is 57.2 Å². The van der Waals surface area contributed by atoms with Gasteiger partial charge in [-0.25, -0.2) is 0 Å². The Bertz CT molecular complexity index is 918. The molecule has 4 aromatic rings. The van der Waals surface area contributed by atoms with Crippen LogP contribution in [0.25, 0.3) is 10.8 Å². The van der Waals surface area contributed by atoms with Crippen molar-refractivity contribution in [3.63, 3.8) is 0 Å². The molecule has 2 heterocycles. The van der Waals surface area contributed by atoms with Crippen LogP contribution in [0.3, 0.4) is 0 Å². The van der Waals surface area contributed by atoms with Crippen LogP contribution in [0.2, 0.25) is 0 Å². The molecule has 0 aliphatic rings. The predicted molar refractivity (Wildman–Crippen MR) is 107 cm³/mol. The van der Waals surface area contributed by atoms with Gasteiger partial charge in [0.1, 0.15) is 0 Å². The number of aliphatic imine (C=N–C) groups is 2. The van der Waals surface area contributed by atoms with Crippen LogP contribution in [-0.2, 0) is 0 Å². The fourth-order valence-electron chi connectivity index (χ4n) is 2.51. The van der Waals surface area contributed by atoms with Crippen LogP contribution in [0.1, 0.15) is 9.75 Å². The largest absolute Gasteiger partial charge is 0.255 e. The topological polar surface area (TPSA) is 24.7 Å². The molecule has 0 N–H and O–H groups in total. The molecule has 24 heavy (non-hydrogen) atoms. The molecule has 2 aromatic heterocycles. The molecule has 0 bridgehead atoms. The zero-order valence-corrected chi connectivity index (χ0v) is 14.4. The monoisotopic (exact) mass is 346 g/mol. The van der Waals surface area contributed by atoms with Crippen LogP contribution in [-0.4, -0.2) is 12.4 Å². The highest BCUT2D eigenvalue weighted by Crippen LogP contribution is 2.34. The van der Waals surface area contributed by atoms with Crippen molar-refractivity contribution in [1.29, 1.82) is 0 Å². The molecule has 0 atom stereocenters. The molecule has 0 unspecified atom stereocenters. The van der Waals surface area contributed by atoms with E-state index in [0.29, 0.717) is 0 Å². The normalized spacial score (nSPS) is 11.8. The lowest BCUT2D eigenvalue weighted by molar-refractivity contribution is 1.53. The number of benzene rings is 2. The van der Waals surface area contributed by atoms with Crippen molar-refractivity contribution in [2.45, 2.75) is 0 Å². The number of rotatable bonds is 4. The van der Waals surface area contributed by atoms with Crippen molar-refractivity contribution in [1.82, 2.24) is 0 Å². The second-order valence-corrected chi connectivity index (χ2v) is 7.16. The molecule has 0 fully saturated rings. The lowest BCUT2D eigenvalue weighted by Gasteiger charge is -2.05. The molecule has 0 amide bonds. The Hall–Kier alpha value is -2.56. The first kappa shape index (κ1) is 15.0. The van der Waals surface area contributed by atoms with E-state index in [9.17, 15) is 0 Å². The number of hydrogen-bond acceptors (Lipinski definition) is 4. The molecule has 4 heteroatoms. The zero-order chi connectivity index (χ0) is 16.2. The Morgan fingerprint density at radius 1 is 0.625 bits per heavy atom. The fraction of sp³-hybridized carbons (Fsp3) is 0. The van der Waals surface area contributed by atoms with Gasteiger partial charge < -0.3 is 0 Å². The smallest absolute Gasteiger partial charge is 0.0730 e. The molecule has 2 nitrogen and oxygen atoms in total. The van der Waals surface area contributed by atoms with Crippen LogP contribution in [0.5, 0.6) is 0 Å². The highest BCUT2D eigenvalue weighted by Gasteiger charge is 2.04. The van der Waals surface area contributed by atoms with Crippen LogP contribution in [0.15, 0.2) is 81.4 Å². The van der Waals surface area contributed by atoms with E-state index in [1.54, 1.807) is 22.7 Å². The van der Waals surface area contributed by atoms with Crippen LogP contribution >= 0.6 is 22.7 Å². The Balaban J connectivity index is 1.79. The zero-order valence-electron chi connectivity index (χ0n) is 12.8. The molecule has 116 valence electrons. The number of thiophene rings is 2. The molecule has 4 rings (SSSR count). The van der Waals surface area contributed by atoms with Gasteiger partial charge in [-0.15, -0.1) is 22.7 Å². The molecule has 0 saturated carbocycles. The summed E-state index contributed by atoms with van der Waals surface area (Å²) in [6.07, 6.45) is 3.83. The van der Waals surface area contributed by atoms with Crippen molar-refractivity contribution < 1.29 is 0 Å². The van der Waals surface area contributed by atoms with Crippen molar-refractivity contribution in [2.24, 2.45) is 9.98 Å². The van der Waals surface area contributed by atoms with Gasteiger partial charge in [0.2, 0.25) is 0 Å². The minimum Gasteiger partial charge on any atom is -0.255 e. The van der Waals surface area contributed by atoms with Gasteiger partial charge in [-0.2, -0.15) is 0 Å². The third kappa shape index (κ3) is 3.20. The lowest BCUT2D eigenvalue weighted by atomic mass is 10.1. The quantitative estimate of drug-likeness (QED) is 0.379. The summed E-state index contributed by atoms with van der Waals surface area (Å²) in [5, 5.41) is 6.35. The summed E-state index contributed by atoms with van der Waals surface area (Å²) in [5.41, 5.74) is 1.89. The Morgan fingerprint density at radius 2 is 1.17 bits per heavy atom. The van der Waals surface area contributed by atoms with E-state index < -0.39 is 0 Å². The fourth-order valence-corrected chi connectivity index (χ4v) is 3.68. The van der Waals surface area contributed by atoms with E-state index in [-0.39, 0.29) is 0 Å². The highest BCUT2D eigenvalue weighted by molar-refractivity contribution is 7.12. The summed E-state index contributed by atoms with van der Waals surface area (Å²) >= 11 is 3.37. The van der Waals surface area contributed by atoms with E-state index in [0.717, 1.165) is 31.9 Å². The van der Waals surface area contributed by atoms with Gasteiger partial charge in [0.05, 0.1) is 11.4 Å². The van der Waals surface area contributed by atoms with E-state index >= 15 is 0 Å². The summed E-state index contributed by atoms with van der Waals surface area (Å²) in [6.45, 7) is 0. The molecular formula is C20H14N2S2. The van der Waals surface area contributed by atoms with E-state index in [1.165, 1.54) is 0 Å². The Morgan fingerprint density at radius 3 is 1.62 bits per heavy atom. The van der Waals surface area contributed by atoms with Crippen LogP contribution < -0.4 is 0 Å². The Kier molecular flexibility index (Phi) is 4.32. The second-order valence-electron chi connectivity index (χ2n) is 5.20. The van der Waals surface area contributed by atoms with E-state index in [4.69, 9.17) is 9.98 Å². The van der Waals surface area contributed by atoms with Gasteiger partial charge in [0.25, 0.3) is 0 Å². The highest BCUT2D eigenvalue weighted by atomic mass is 32.1. The first-order valence-electron chi connectivity index (χ1n) is 7.57. The predicted octanol–water partition coefficient (Wildman–Crippen LogP) is 6.46. The molecular weight excluding hydrogens is 332 g/mol. The molecule has 0 radical (unpaired) electrons. The first-order chi connectivity index (χ1) is 11.9. The van der Waals surface area contributed by atoms with Crippen molar-refractivity contribution in [3.05, 3.63) is 81.2 Å².